The van der Waals surface area contributed by atoms with Crippen molar-refractivity contribution in [3.63, 3.8) is 0 Å². The number of carbonyl (C=O) groups excluding carboxylic acids is 1. The number of likely N-dealkylation sites (tertiary alicyclic amines) is 1. The largest absolute Gasteiger partial charge is 0.504 e. The van der Waals surface area contributed by atoms with Crippen molar-refractivity contribution in [2.45, 2.75) is 19.8 Å². The van der Waals surface area contributed by atoms with E-state index in [-0.39, 0.29) is 11.7 Å². The van der Waals surface area contributed by atoms with Crippen LogP contribution >= 0.6 is 0 Å². The summed E-state index contributed by atoms with van der Waals surface area (Å²) in [5.41, 5.74) is 0.446. The molecule has 0 radical (unpaired) electrons. The van der Waals surface area contributed by atoms with E-state index in [1.807, 2.05) is 0 Å². The number of nitrogens with one attached hydrogen (secondary N) is 1. The van der Waals surface area contributed by atoms with Gasteiger partial charge in [0.2, 0.25) is 0 Å². The molecule has 1 aliphatic rings. The first-order valence-electron chi connectivity index (χ1n) is 7.47. The molecule has 1 unspecified atom stereocenters. The molecular weight excluding hydrogens is 268 g/mol. The van der Waals surface area contributed by atoms with Gasteiger partial charge in [0.25, 0.3) is 5.91 Å². The molecule has 1 atom stereocenters. The maximum absolute atomic E-state index is 12.1. The average Bonchev–Trinajstić information content (AvgIpc) is 2.97. The Morgan fingerprint density at radius 2 is 2.14 bits per heavy atom. The highest BCUT2D eigenvalue weighted by Crippen LogP contribution is 2.26. The van der Waals surface area contributed by atoms with Gasteiger partial charge in [0.1, 0.15) is 0 Å². The van der Waals surface area contributed by atoms with Crippen molar-refractivity contribution < 1.29 is 14.6 Å². The number of benzene rings is 1. The molecule has 2 rings (SSSR count). The van der Waals surface area contributed by atoms with Gasteiger partial charge >= 0.3 is 0 Å². The van der Waals surface area contributed by atoms with E-state index >= 15 is 0 Å². The summed E-state index contributed by atoms with van der Waals surface area (Å²) in [6, 6.07) is 4.68. The van der Waals surface area contributed by atoms with Gasteiger partial charge in [-0.15, -0.1) is 0 Å². The Balaban J connectivity index is 1.82. The van der Waals surface area contributed by atoms with E-state index < -0.39 is 0 Å². The van der Waals surface area contributed by atoms with Gasteiger partial charge in [-0.05, 0) is 50.0 Å². The van der Waals surface area contributed by atoms with Crippen LogP contribution in [0.15, 0.2) is 18.2 Å². The van der Waals surface area contributed by atoms with Crippen molar-refractivity contribution in [3.8, 4) is 11.5 Å². The SMILES string of the molecule is COc1ccc(C(=O)NCC(C)CN2CCCC2)cc1O. The van der Waals surface area contributed by atoms with Crippen LogP contribution in [0.25, 0.3) is 0 Å². The second-order valence-electron chi connectivity index (χ2n) is 5.71. The van der Waals surface area contributed by atoms with E-state index in [0.29, 0.717) is 23.8 Å². The highest BCUT2D eigenvalue weighted by atomic mass is 16.5. The van der Waals surface area contributed by atoms with Crippen molar-refractivity contribution in [3.05, 3.63) is 23.8 Å². The number of hydrogen-bond donors (Lipinski definition) is 2. The second kappa shape index (κ2) is 7.31. The van der Waals surface area contributed by atoms with Crippen LogP contribution in [0.1, 0.15) is 30.1 Å². The molecule has 0 saturated carbocycles. The summed E-state index contributed by atoms with van der Waals surface area (Å²) < 4.78 is 4.97. The number of aromatic hydroxyl groups is 1. The predicted molar refractivity (Wildman–Crippen MR) is 81.8 cm³/mol. The second-order valence-corrected chi connectivity index (χ2v) is 5.71. The highest BCUT2D eigenvalue weighted by molar-refractivity contribution is 5.94. The zero-order chi connectivity index (χ0) is 15.2. The lowest BCUT2D eigenvalue weighted by Crippen LogP contribution is -2.34. The molecule has 21 heavy (non-hydrogen) atoms. The summed E-state index contributed by atoms with van der Waals surface area (Å²) >= 11 is 0. The summed E-state index contributed by atoms with van der Waals surface area (Å²) in [6.07, 6.45) is 2.56. The summed E-state index contributed by atoms with van der Waals surface area (Å²) in [7, 11) is 1.48. The number of phenolic OH excluding ortho intramolecular Hbond substituents is 1. The zero-order valence-electron chi connectivity index (χ0n) is 12.8. The third kappa shape index (κ3) is 4.36. The van der Waals surface area contributed by atoms with Crippen LogP contribution < -0.4 is 10.1 Å². The van der Waals surface area contributed by atoms with Crippen LogP contribution in [0.3, 0.4) is 0 Å². The molecule has 1 fully saturated rings. The van der Waals surface area contributed by atoms with Crippen molar-refractivity contribution in [1.29, 1.82) is 0 Å². The Labute approximate surface area is 125 Å². The lowest BCUT2D eigenvalue weighted by molar-refractivity contribution is 0.0944. The van der Waals surface area contributed by atoms with E-state index in [1.54, 1.807) is 12.1 Å². The molecule has 1 saturated heterocycles. The Hall–Kier alpha value is -1.75. The van der Waals surface area contributed by atoms with E-state index in [2.05, 4.69) is 17.1 Å². The summed E-state index contributed by atoms with van der Waals surface area (Å²) in [6.45, 7) is 6.15. The molecule has 1 aliphatic heterocycles. The highest BCUT2D eigenvalue weighted by Gasteiger charge is 2.16. The topological polar surface area (TPSA) is 61.8 Å². The molecule has 1 aromatic carbocycles. The van der Waals surface area contributed by atoms with Gasteiger partial charge in [-0.25, -0.2) is 0 Å². The van der Waals surface area contributed by atoms with Gasteiger partial charge in [-0.1, -0.05) is 6.92 Å². The molecule has 0 aromatic heterocycles. The van der Waals surface area contributed by atoms with Gasteiger partial charge in [0.15, 0.2) is 11.5 Å². The fraction of sp³-hybridized carbons (Fsp3) is 0.562. The van der Waals surface area contributed by atoms with Gasteiger partial charge in [0, 0.05) is 18.7 Å². The number of methoxy groups -OCH3 is 1. The van der Waals surface area contributed by atoms with Gasteiger partial charge < -0.3 is 20.1 Å². The molecule has 0 spiro atoms. The lowest BCUT2D eigenvalue weighted by atomic mass is 10.1. The number of carbonyl (C=O) groups is 1. The van der Waals surface area contributed by atoms with Crippen LogP contribution in [-0.2, 0) is 0 Å². The van der Waals surface area contributed by atoms with Crippen molar-refractivity contribution >= 4 is 5.91 Å². The van der Waals surface area contributed by atoms with E-state index in [0.717, 1.165) is 6.54 Å². The van der Waals surface area contributed by atoms with Gasteiger partial charge in [0.05, 0.1) is 7.11 Å². The zero-order valence-corrected chi connectivity index (χ0v) is 12.8. The minimum atomic E-state index is -0.166. The molecule has 1 amide bonds. The summed E-state index contributed by atoms with van der Waals surface area (Å²) in [5, 5.41) is 12.6. The van der Waals surface area contributed by atoms with E-state index in [4.69, 9.17) is 4.74 Å². The molecule has 1 heterocycles. The fourth-order valence-electron chi connectivity index (χ4n) is 2.67. The Kier molecular flexibility index (Phi) is 5.44. The lowest BCUT2D eigenvalue weighted by Gasteiger charge is -2.20. The normalized spacial score (nSPS) is 16.7. The standard InChI is InChI=1S/C16H24N2O3/c1-12(11-18-7-3-4-8-18)10-17-16(20)13-5-6-15(21-2)14(19)9-13/h5-6,9,12,19H,3-4,7-8,10-11H2,1-2H3,(H,17,20). The fourth-order valence-corrected chi connectivity index (χ4v) is 2.67. The molecular formula is C16H24N2O3. The average molecular weight is 292 g/mol. The predicted octanol–water partition coefficient (Wildman–Crippen LogP) is 1.86. The molecule has 5 nitrogen and oxygen atoms in total. The smallest absolute Gasteiger partial charge is 0.251 e. The third-order valence-electron chi connectivity index (χ3n) is 3.82. The minimum absolute atomic E-state index is 0.0183. The van der Waals surface area contributed by atoms with Crippen molar-refractivity contribution in [2.75, 3.05) is 33.3 Å². The molecule has 0 bridgehead atoms. The van der Waals surface area contributed by atoms with Gasteiger partial charge in [-0.2, -0.15) is 0 Å². The number of rotatable bonds is 6. The monoisotopic (exact) mass is 292 g/mol. The number of hydrogen-bond acceptors (Lipinski definition) is 4. The van der Waals surface area contributed by atoms with Crippen LogP contribution in [0.5, 0.6) is 11.5 Å². The number of nitrogens with zero attached hydrogens (tertiary/aromatic N) is 1. The first kappa shape index (κ1) is 15.6. The van der Waals surface area contributed by atoms with Crippen LogP contribution in [-0.4, -0.2) is 49.2 Å². The first-order chi connectivity index (χ1) is 10.1. The van der Waals surface area contributed by atoms with Crippen LogP contribution in [0.4, 0.5) is 0 Å². The number of amides is 1. The Morgan fingerprint density at radius 3 is 2.76 bits per heavy atom. The molecule has 0 aliphatic carbocycles. The molecule has 1 aromatic rings. The van der Waals surface area contributed by atoms with Crippen molar-refractivity contribution in [2.24, 2.45) is 5.92 Å². The first-order valence-corrected chi connectivity index (χ1v) is 7.47. The minimum Gasteiger partial charge on any atom is -0.504 e. The Morgan fingerprint density at radius 1 is 1.43 bits per heavy atom. The van der Waals surface area contributed by atoms with Crippen molar-refractivity contribution in [1.82, 2.24) is 10.2 Å². The third-order valence-corrected chi connectivity index (χ3v) is 3.82. The molecule has 2 N–H and O–H groups in total. The number of ether oxygens (including phenoxy) is 1. The summed E-state index contributed by atoms with van der Waals surface area (Å²) in [5.74, 6) is 0.601. The van der Waals surface area contributed by atoms with E-state index in [9.17, 15) is 9.90 Å². The van der Waals surface area contributed by atoms with Gasteiger partial charge in [-0.3, -0.25) is 4.79 Å². The van der Waals surface area contributed by atoms with Crippen LogP contribution in [0, 0.1) is 5.92 Å². The maximum Gasteiger partial charge on any atom is 0.251 e. The number of phenols is 1. The quantitative estimate of drug-likeness (QED) is 0.840. The Bertz CT molecular complexity index is 484. The van der Waals surface area contributed by atoms with E-state index in [1.165, 1.54) is 39.1 Å². The molecule has 5 heteroatoms. The summed E-state index contributed by atoms with van der Waals surface area (Å²) in [4.78, 5) is 14.5. The maximum atomic E-state index is 12.1. The van der Waals surface area contributed by atoms with Crippen LogP contribution in [0.2, 0.25) is 0 Å². The molecule has 116 valence electrons.